The van der Waals surface area contributed by atoms with Crippen LogP contribution in [0.1, 0.15) is 24.8 Å². The average Bonchev–Trinajstić information content (AvgIpc) is 2.43. The number of hydrogen-bond acceptors (Lipinski definition) is 3. The fourth-order valence-corrected chi connectivity index (χ4v) is 2.34. The molecule has 1 aliphatic rings. The van der Waals surface area contributed by atoms with E-state index < -0.39 is 35.5 Å². The number of para-hydroxylation sites is 1. The van der Waals surface area contributed by atoms with E-state index in [4.69, 9.17) is 10.00 Å². The van der Waals surface area contributed by atoms with Crippen LogP contribution in [0.2, 0.25) is 0 Å². The second kappa shape index (κ2) is 5.87. The predicted octanol–water partition coefficient (Wildman–Crippen LogP) is 2.99. The summed E-state index contributed by atoms with van der Waals surface area (Å²) in [5.74, 6) is -0.908. The highest BCUT2D eigenvalue weighted by atomic mass is 19.4. The highest BCUT2D eigenvalue weighted by Gasteiger charge is 2.43. The van der Waals surface area contributed by atoms with Crippen molar-refractivity contribution >= 4 is 5.91 Å². The maximum absolute atomic E-state index is 12.8. The average molecular weight is 312 g/mol. The number of ether oxygens (including phenoxy) is 1. The van der Waals surface area contributed by atoms with Crippen LogP contribution in [0.5, 0.6) is 5.75 Å². The minimum atomic E-state index is -4.55. The largest absolute Gasteiger partial charge is 0.483 e. The second-order valence-electron chi connectivity index (χ2n) is 5.23. The van der Waals surface area contributed by atoms with E-state index in [2.05, 4.69) is 6.07 Å². The fraction of sp³-hybridized carbons (Fsp3) is 0.467. The van der Waals surface area contributed by atoms with Gasteiger partial charge in [0, 0.05) is 7.05 Å². The number of halogens is 3. The van der Waals surface area contributed by atoms with Crippen LogP contribution in [-0.4, -0.2) is 30.0 Å². The number of nitriles is 1. The van der Waals surface area contributed by atoms with Crippen molar-refractivity contribution in [1.82, 2.24) is 4.90 Å². The van der Waals surface area contributed by atoms with Gasteiger partial charge in [-0.15, -0.1) is 0 Å². The molecule has 2 rings (SSSR count). The molecule has 1 fully saturated rings. The lowest BCUT2D eigenvalue weighted by Crippen LogP contribution is -2.54. The molecule has 118 valence electrons. The molecule has 0 aliphatic heterocycles. The number of alkyl halides is 3. The Hall–Kier alpha value is -2.23. The van der Waals surface area contributed by atoms with Gasteiger partial charge in [-0.1, -0.05) is 12.1 Å². The molecule has 0 aromatic heterocycles. The van der Waals surface area contributed by atoms with E-state index in [1.807, 2.05) is 0 Å². The third-order valence-electron chi connectivity index (χ3n) is 3.95. The summed E-state index contributed by atoms with van der Waals surface area (Å²) in [6.45, 7) is -0.535. The standard InChI is InChI=1S/C15H15F3N2O2/c1-20(14(10-19)7-4-8-14)13(21)9-22-12-6-3-2-5-11(12)15(16,17)18/h2-3,5-6H,4,7-9H2,1H3. The van der Waals surface area contributed by atoms with E-state index in [1.165, 1.54) is 30.1 Å². The summed E-state index contributed by atoms with van der Waals surface area (Å²) in [7, 11) is 1.48. The molecule has 1 aromatic rings. The van der Waals surface area contributed by atoms with Crippen molar-refractivity contribution in [2.24, 2.45) is 0 Å². The van der Waals surface area contributed by atoms with Gasteiger partial charge in [-0.2, -0.15) is 18.4 Å². The molecule has 22 heavy (non-hydrogen) atoms. The van der Waals surface area contributed by atoms with E-state index in [1.54, 1.807) is 0 Å². The van der Waals surface area contributed by atoms with Crippen LogP contribution in [0.4, 0.5) is 13.2 Å². The normalized spacial score (nSPS) is 16.3. The molecule has 0 radical (unpaired) electrons. The number of rotatable bonds is 4. The number of amides is 1. The number of hydrogen-bond donors (Lipinski definition) is 0. The first-order valence-corrected chi connectivity index (χ1v) is 6.77. The van der Waals surface area contributed by atoms with Gasteiger partial charge in [0.05, 0.1) is 11.6 Å². The summed E-state index contributed by atoms with van der Waals surface area (Å²) in [4.78, 5) is 13.3. The summed E-state index contributed by atoms with van der Waals surface area (Å²) < 4.78 is 43.5. The molecule has 0 saturated heterocycles. The molecule has 1 saturated carbocycles. The van der Waals surface area contributed by atoms with E-state index in [-0.39, 0.29) is 0 Å². The molecular weight excluding hydrogens is 297 g/mol. The maximum Gasteiger partial charge on any atom is 0.419 e. The van der Waals surface area contributed by atoms with E-state index in [0.29, 0.717) is 12.8 Å². The molecule has 0 atom stereocenters. The smallest absolute Gasteiger partial charge is 0.419 e. The van der Waals surface area contributed by atoms with Crippen LogP contribution in [0, 0.1) is 11.3 Å². The highest BCUT2D eigenvalue weighted by molar-refractivity contribution is 5.79. The first kappa shape index (κ1) is 16.1. The third-order valence-corrected chi connectivity index (χ3v) is 3.95. The van der Waals surface area contributed by atoms with Gasteiger partial charge >= 0.3 is 6.18 Å². The summed E-state index contributed by atoms with van der Waals surface area (Å²) >= 11 is 0. The molecule has 0 N–H and O–H groups in total. The molecular formula is C15H15F3N2O2. The monoisotopic (exact) mass is 312 g/mol. The number of benzene rings is 1. The van der Waals surface area contributed by atoms with Gasteiger partial charge in [0.15, 0.2) is 6.61 Å². The van der Waals surface area contributed by atoms with E-state index in [9.17, 15) is 18.0 Å². The first-order chi connectivity index (χ1) is 10.3. The first-order valence-electron chi connectivity index (χ1n) is 6.77. The number of likely N-dealkylation sites (N-methyl/N-ethyl adjacent to an activating group) is 1. The van der Waals surface area contributed by atoms with Crippen molar-refractivity contribution in [2.75, 3.05) is 13.7 Å². The number of carbonyl (C=O) groups excluding carboxylic acids is 1. The molecule has 4 nitrogen and oxygen atoms in total. The number of carbonyl (C=O) groups is 1. The third kappa shape index (κ3) is 3.01. The quantitative estimate of drug-likeness (QED) is 0.859. The SMILES string of the molecule is CN(C(=O)COc1ccccc1C(F)(F)F)C1(C#N)CCC1. The van der Waals surface area contributed by atoms with Gasteiger partial charge in [-0.3, -0.25) is 4.79 Å². The van der Waals surface area contributed by atoms with E-state index in [0.717, 1.165) is 12.5 Å². The van der Waals surface area contributed by atoms with Gasteiger partial charge in [0.1, 0.15) is 11.3 Å². The minimum absolute atomic E-state index is 0.392. The Labute approximate surface area is 126 Å². The van der Waals surface area contributed by atoms with Crippen LogP contribution < -0.4 is 4.74 Å². The number of nitrogens with zero attached hydrogens (tertiary/aromatic N) is 2. The Kier molecular flexibility index (Phi) is 4.31. The fourth-order valence-electron chi connectivity index (χ4n) is 2.34. The Bertz CT molecular complexity index is 604. The molecule has 1 aromatic carbocycles. The molecule has 0 heterocycles. The summed E-state index contributed by atoms with van der Waals surface area (Å²) in [5, 5.41) is 9.16. The lowest BCUT2D eigenvalue weighted by atomic mass is 9.77. The molecule has 0 unspecified atom stereocenters. The van der Waals surface area contributed by atoms with Crippen LogP contribution in [-0.2, 0) is 11.0 Å². The van der Waals surface area contributed by atoms with Gasteiger partial charge < -0.3 is 9.64 Å². The Morgan fingerprint density at radius 2 is 2.05 bits per heavy atom. The van der Waals surface area contributed by atoms with Crippen LogP contribution >= 0.6 is 0 Å². The van der Waals surface area contributed by atoms with Crippen LogP contribution in [0.25, 0.3) is 0 Å². The highest BCUT2D eigenvalue weighted by Crippen LogP contribution is 2.37. The van der Waals surface area contributed by atoms with Crippen LogP contribution in [0.15, 0.2) is 24.3 Å². The predicted molar refractivity (Wildman–Crippen MR) is 71.9 cm³/mol. The minimum Gasteiger partial charge on any atom is -0.483 e. The second-order valence-corrected chi connectivity index (χ2v) is 5.23. The van der Waals surface area contributed by atoms with Gasteiger partial charge in [0.2, 0.25) is 0 Å². The molecule has 0 spiro atoms. The topological polar surface area (TPSA) is 53.3 Å². The summed E-state index contributed by atoms with van der Waals surface area (Å²) in [6.07, 6.45) is -2.55. The molecule has 1 aliphatic carbocycles. The summed E-state index contributed by atoms with van der Waals surface area (Å²) in [5.41, 5.74) is -1.77. The zero-order valence-electron chi connectivity index (χ0n) is 12.0. The lowest BCUT2D eigenvalue weighted by Gasteiger charge is -2.42. The molecule has 0 bridgehead atoms. The Morgan fingerprint density at radius 1 is 1.41 bits per heavy atom. The molecule has 1 amide bonds. The zero-order chi connectivity index (χ0) is 16.4. The van der Waals surface area contributed by atoms with Gasteiger partial charge in [-0.05, 0) is 31.4 Å². The molecule has 7 heteroatoms. The van der Waals surface area contributed by atoms with Crippen LogP contribution in [0.3, 0.4) is 0 Å². The van der Waals surface area contributed by atoms with E-state index >= 15 is 0 Å². The van der Waals surface area contributed by atoms with Crippen molar-refractivity contribution in [3.63, 3.8) is 0 Å². The Morgan fingerprint density at radius 3 is 2.55 bits per heavy atom. The maximum atomic E-state index is 12.8. The van der Waals surface area contributed by atoms with Gasteiger partial charge in [0.25, 0.3) is 5.91 Å². The lowest BCUT2D eigenvalue weighted by molar-refractivity contribution is -0.142. The zero-order valence-corrected chi connectivity index (χ0v) is 12.0. The van der Waals surface area contributed by atoms with Gasteiger partial charge in [-0.25, -0.2) is 0 Å². The van der Waals surface area contributed by atoms with Crippen molar-refractivity contribution in [1.29, 1.82) is 5.26 Å². The summed E-state index contributed by atoms with van der Waals surface area (Å²) in [6, 6.07) is 6.82. The Balaban J connectivity index is 2.05. The van der Waals surface area contributed by atoms with Crippen molar-refractivity contribution < 1.29 is 22.7 Å². The van der Waals surface area contributed by atoms with Crippen molar-refractivity contribution in [3.05, 3.63) is 29.8 Å². The van der Waals surface area contributed by atoms with Crippen molar-refractivity contribution in [3.8, 4) is 11.8 Å². The van der Waals surface area contributed by atoms with Crippen molar-refractivity contribution in [2.45, 2.75) is 31.0 Å².